The molecule has 1 saturated heterocycles. The third-order valence-electron chi connectivity index (χ3n) is 3.19. The molecular formula is C11H20N6O2. The molecule has 8 heteroatoms. The Kier molecular flexibility index (Phi) is 4.11. The number of amides is 1. The number of carbonyl (C=O) groups excluding carboxylic acids is 1. The number of nitrogens with zero attached hydrogens (tertiary/aromatic N) is 6. The zero-order chi connectivity index (χ0) is 13.9. The summed E-state index contributed by atoms with van der Waals surface area (Å²) in [4.78, 5) is 17.0. The first-order valence-electron chi connectivity index (χ1n) is 6.34. The fraction of sp³-hybridized carbons (Fsp3) is 0.818. The van der Waals surface area contributed by atoms with Gasteiger partial charge in [-0.3, -0.25) is 4.79 Å². The van der Waals surface area contributed by atoms with Gasteiger partial charge in [-0.15, -0.1) is 10.2 Å². The Hall–Kier alpha value is -1.54. The number of likely N-dealkylation sites (tertiary alicyclic amines) is 1. The van der Waals surface area contributed by atoms with E-state index >= 15 is 0 Å². The normalized spacial score (nSPS) is 23.9. The summed E-state index contributed by atoms with van der Waals surface area (Å²) in [6.45, 7) is 1.65. The van der Waals surface area contributed by atoms with Crippen molar-refractivity contribution >= 4 is 5.91 Å². The van der Waals surface area contributed by atoms with Crippen LogP contribution in [0, 0.1) is 0 Å². The molecule has 1 atom stereocenters. The first kappa shape index (κ1) is 13.9. The highest BCUT2D eigenvalue weighted by molar-refractivity contribution is 5.76. The van der Waals surface area contributed by atoms with Gasteiger partial charge in [0.1, 0.15) is 6.54 Å². The Morgan fingerprint density at radius 3 is 2.95 bits per heavy atom. The Labute approximate surface area is 112 Å². The molecule has 0 saturated carbocycles. The second kappa shape index (κ2) is 5.62. The third kappa shape index (κ3) is 3.71. The second-order valence-electron chi connectivity index (χ2n) is 5.35. The van der Waals surface area contributed by atoms with Crippen LogP contribution in [0.2, 0.25) is 0 Å². The highest BCUT2D eigenvalue weighted by Gasteiger charge is 2.35. The first-order chi connectivity index (χ1) is 8.98. The van der Waals surface area contributed by atoms with Gasteiger partial charge in [0.2, 0.25) is 5.91 Å². The molecule has 19 heavy (non-hydrogen) atoms. The topological polar surface area (TPSA) is 87.4 Å². The molecule has 0 aliphatic carbocycles. The second-order valence-corrected chi connectivity index (χ2v) is 5.35. The van der Waals surface area contributed by atoms with Gasteiger partial charge in [0.05, 0.1) is 12.1 Å². The third-order valence-corrected chi connectivity index (χ3v) is 3.19. The highest BCUT2D eigenvalue weighted by Crippen LogP contribution is 2.22. The maximum Gasteiger partial charge on any atom is 0.246 e. The van der Waals surface area contributed by atoms with Gasteiger partial charge in [0, 0.05) is 13.1 Å². The van der Waals surface area contributed by atoms with Crippen LogP contribution in [0.1, 0.15) is 12.8 Å². The molecule has 1 aromatic heterocycles. The number of aliphatic hydroxyl groups is 1. The molecule has 106 valence electrons. The van der Waals surface area contributed by atoms with Crippen molar-refractivity contribution in [2.45, 2.75) is 25.0 Å². The number of piperidine rings is 1. The molecule has 1 amide bonds. The lowest BCUT2D eigenvalue weighted by Gasteiger charge is -2.40. The van der Waals surface area contributed by atoms with Gasteiger partial charge in [-0.1, -0.05) is 0 Å². The summed E-state index contributed by atoms with van der Waals surface area (Å²) in [5, 5.41) is 21.5. The molecule has 1 fully saturated rings. The lowest BCUT2D eigenvalue weighted by molar-refractivity contribution is -0.140. The van der Waals surface area contributed by atoms with E-state index in [0.29, 0.717) is 19.6 Å². The summed E-state index contributed by atoms with van der Waals surface area (Å²) >= 11 is 0. The minimum atomic E-state index is -0.826. The van der Waals surface area contributed by atoms with Crippen LogP contribution in [0.3, 0.4) is 0 Å². The molecule has 1 aliphatic rings. The van der Waals surface area contributed by atoms with E-state index in [9.17, 15) is 9.90 Å². The number of β-amino-alcohol motifs (C(OH)–C–C–N with tert-alkyl or cyclic N) is 1. The fourth-order valence-electron chi connectivity index (χ4n) is 2.52. The van der Waals surface area contributed by atoms with Crippen LogP contribution in [-0.2, 0) is 11.3 Å². The number of rotatable bonds is 4. The van der Waals surface area contributed by atoms with Crippen LogP contribution in [0.15, 0.2) is 6.33 Å². The summed E-state index contributed by atoms with van der Waals surface area (Å²) in [5.41, 5.74) is -0.826. The van der Waals surface area contributed by atoms with E-state index in [1.807, 2.05) is 19.0 Å². The van der Waals surface area contributed by atoms with Crippen molar-refractivity contribution in [3.63, 3.8) is 0 Å². The minimum Gasteiger partial charge on any atom is -0.387 e. The quantitative estimate of drug-likeness (QED) is 0.722. The van der Waals surface area contributed by atoms with E-state index in [0.717, 1.165) is 12.8 Å². The number of hydrogen-bond acceptors (Lipinski definition) is 6. The molecule has 8 nitrogen and oxygen atoms in total. The average molecular weight is 268 g/mol. The van der Waals surface area contributed by atoms with Crippen molar-refractivity contribution < 1.29 is 9.90 Å². The molecule has 0 bridgehead atoms. The van der Waals surface area contributed by atoms with Crippen molar-refractivity contribution in [1.82, 2.24) is 30.0 Å². The van der Waals surface area contributed by atoms with Crippen LogP contribution >= 0.6 is 0 Å². The van der Waals surface area contributed by atoms with E-state index in [1.165, 1.54) is 11.1 Å². The average Bonchev–Trinajstić information content (AvgIpc) is 2.80. The van der Waals surface area contributed by atoms with E-state index in [-0.39, 0.29) is 12.5 Å². The maximum absolute atomic E-state index is 12.1. The lowest BCUT2D eigenvalue weighted by atomic mass is 9.92. The highest BCUT2D eigenvalue weighted by atomic mass is 16.3. The Morgan fingerprint density at radius 2 is 2.32 bits per heavy atom. The van der Waals surface area contributed by atoms with Gasteiger partial charge in [0.25, 0.3) is 0 Å². The Morgan fingerprint density at radius 1 is 1.53 bits per heavy atom. The van der Waals surface area contributed by atoms with Gasteiger partial charge in [-0.25, -0.2) is 0 Å². The zero-order valence-corrected chi connectivity index (χ0v) is 11.4. The fourth-order valence-corrected chi connectivity index (χ4v) is 2.52. The van der Waals surface area contributed by atoms with Gasteiger partial charge < -0.3 is 14.9 Å². The predicted molar refractivity (Wildman–Crippen MR) is 67.1 cm³/mol. The molecule has 2 rings (SSSR count). The molecule has 1 aromatic rings. The van der Waals surface area contributed by atoms with E-state index in [2.05, 4.69) is 15.4 Å². The van der Waals surface area contributed by atoms with Crippen molar-refractivity contribution in [3.8, 4) is 0 Å². The molecule has 0 aromatic carbocycles. The largest absolute Gasteiger partial charge is 0.387 e. The lowest BCUT2D eigenvalue weighted by Crippen LogP contribution is -2.55. The van der Waals surface area contributed by atoms with Crippen LogP contribution in [0.5, 0.6) is 0 Å². The predicted octanol–water partition coefficient (Wildman–Crippen LogP) is -1.41. The van der Waals surface area contributed by atoms with Gasteiger partial charge in [0.15, 0.2) is 6.33 Å². The number of aromatic nitrogens is 4. The number of likely N-dealkylation sites (N-methyl/N-ethyl adjacent to an activating group) is 1. The summed E-state index contributed by atoms with van der Waals surface area (Å²) in [7, 11) is 3.83. The first-order valence-corrected chi connectivity index (χ1v) is 6.34. The summed E-state index contributed by atoms with van der Waals surface area (Å²) in [6.07, 6.45) is 2.82. The molecule has 2 heterocycles. The number of tetrazole rings is 1. The van der Waals surface area contributed by atoms with Crippen LogP contribution in [0.25, 0.3) is 0 Å². The van der Waals surface area contributed by atoms with E-state index < -0.39 is 5.60 Å². The van der Waals surface area contributed by atoms with Crippen molar-refractivity contribution in [2.75, 3.05) is 33.7 Å². The van der Waals surface area contributed by atoms with Gasteiger partial charge >= 0.3 is 0 Å². The van der Waals surface area contributed by atoms with Crippen molar-refractivity contribution in [1.29, 1.82) is 0 Å². The van der Waals surface area contributed by atoms with Crippen LogP contribution in [-0.4, -0.2) is 80.4 Å². The molecule has 1 unspecified atom stereocenters. The number of carbonyl (C=O) groups is 1. The Bertz CT molecular complexity index is 421. The summed E-state index contributed by atoms with van der Waals surface area (Å²) in [6, 6.07) is 0. The molecule has 1 N–H and O–H groups in total. The van der Waals surface area contributed by atoms with Crippen molar-refractivity contribution in [3.05, 3.63) is 6.33 Å². The Balaban J connectivity index is 1.95. The van der Waals surface area contributed by atoms with E-state index in [1.54, 1.807) is 4.90 Å². The summed E-state index contributed by atoms with van der Waals surface area (Å²) in [5.74, 6) is -0.0881. The van der Waals surface area contributed by atoms with Gasteiger partial charge in [-0.2, -0.15) is 4.80 Å². The van der Waals surface area contributed by atoms with Crippen LogP contribution < -0.4 is 0 Å². The molecule has 0 spiro atoms. The SMILES string of the molecule is CN(C)CC1(O)CCCN(C(=O)Cn2ncnn2)C1. The zero-order valence-electron chi connectivity index (χ0n) is 11.4. The standard InChI is InChI=1S/C11H20N6O2/c1-15(2)7-11(19)4-3-5-16(8-11)10(18)6-17-13-9-12-14-17/h9,19H,3-8H2,1-2H3. The molecule has 0 radical (unpaired) electrons. The van der Waals surface area contributed by atoms with Gasteiger partial charge in [-0.05, 0) is 32.2 Å². The number of hydrogen-bond donors (Lipinski definition) is 1. The monoisotopic (exact) mass is 268 g/mol. The molecule has 1 aliphatic heterocycles. The summed E-state index contributed by atoms with van der Waals surface area (Å²) < 4.78 is 0. The maximum atomic E-state index is 12.1. The van der Waals surface area contributed by atoms with Crippen LogP contribution in [0.4, 0.5) is 0 Å². The smallest absolute Gasteiger partial charge is 0.246 e. The molecular weight excluding hydrogens is 248 g/mol. The minimum absolute atomic E-state index is 0.0675. The van der Waals surface area contributed by atoms with E-state index in [4.69, 9.17) is 0 Å². The van der Waals surface area contributed by atoms with Crippen molar-refractivity contribution in [2.24, 2.45) is 0 Å².